The van der Waals surface area contributed by atoms with Gasteiger partial charge in [0, 0.05) is 24.7 Å². The van der Waals surface area contributed by atoms with Crippen molar-refractivity contribution in [3.05, 3.63) is 33.9 Å². The molecule has 0 saturated carbocycles. The van der Waals surface area contributed by atoms with Crippen molar-refractivity contribution in [2.24, 2.45) is 0 Å². The molecule has 0 aromatic heterocycles. The van der Waals surface area contributed by atoms with Crippen molar-refractivity contribution in [2.45, 2.75) is 13.0 Å². The SMILES string of the molecule is CC1CN(C(=O)c2ccc([N+](=O)[O-])c(O)c2)CCO1. The van der Waals surface area contributed by atoms with Gasteiger partial charge in [0.25, 0.3) is 5.91 Å². The minimum Gasteiger partial charge on any atom is -0.502 e. The number of rotatable bonds is 2. The Balaban J connectivity index is 2.19. The number of nitrogens with zero attached hydrogens (tertiary/aromatic N) is 2. The molecule has 1 heterocycles. The van der Waals surface area contributed by atoms with E-state index in [1.807, 2.05) is 6.92 Å². The fraction of sp³-hybridized carbons (Fsp3) is 0.417. The third-order valence-electron chi connectivity index (χ3n) is 2.95. The van der Waals surface area contributed by atoms with Gasteiger partial charge in [0.1, 0.15) is 0 Å². The van der Waals surface area contributed by atoms with Gasteiger partial charge in [0.15, 0.2) is 5.75 Å². The predicted octanol–water partition coefficient (Wildman–Crippen LogP) is 1.16. The van der Waals surface area contributed by atoms with Crippen LogP contribution in [-0.4, -0.2) is 46.6 Å². The number of morpholine rings is 1. The Morgan fingerprint density at radius 2 is 2.32 bits per heavy atom. The van der Waals surface area contributed by atoms with Crippen molar-refractivity contribution in [3.63, 3.8) is 0 Å². The van der Waals surface area contributed by atoms with Crippen LogP contribution < -0.4 is 0 Å². The average molecular weight is 266 g/mol. The van der Waals surface area contributed by atoms with Crippen molar-refractivity contribution >= 4 is 11.6 Å². The summed E-state index contributed by atoms with van der Waals surface area (Å²) in [6, 6.07) is 3.60. The van der Waals surface area contributed by atoms with E-state index in [1.54, 1.807) is 4.90 Å². The quantitative estimate of drug-likeness (QED) is 0.640. The molecule has 1 aromatic carbocycles. The minimum absolute atomic E-state index is 0.0376. The Kier molecular flexibility index (Phi) is 3.66. The van der Waals surface area contributed by atoms with Crippen LogP contribution in [0.15, 0.2) is 18.2 Å². The highest BCUT2D eigenvalue weighted by atomic mass is 16.6. The molecule has 0 spiro atoms. The van der Waals surface area contributed by atoms with Crippen LogP contribution in [0.4, 0.5) is 5.69 Å². The molecule has 1 saturated heterocycles. The van der Waals surface area contributed by atoms with Crippen molar-refractivity contribution in [1.82, 2.24) is 4.90 Å². The Bertz CT molecular complexity index is 517. The smallest absolute Gasteiger partial charge is 0.310 e. The summed E-state index contributed by atoms with van der Waals surface area (Å²) in [5.41, 5.74) is -0.177. The van der Waals surface area contributed by atoms with Crippen LogP contribution in [0.5, 0.6) is 5.75 Å². The van der Waals surface area contributed by atoms with E-state index in [0.717, 1.165) is 12.1 Å². The number of aromatic hydroxyl groups is 1. The van der Waals surface area contributed by atoms with Crippen molar-refractivity contribution < 1.29 is 19.6 Å². The largest absolute Gasteiger partial charge is 0.502 e. The fourth-order valence-electron chi connectivity index (χ4n) is 2.00. The molecule has 1 amide bonds. The van der Waals surface area contributed by atoms with Gasteiger partial charge in [-0.2, -0.15) is 0 Å². The Morgan fingerprint density at radius 3 is 2.89 bits per heavy atom. The summed E-state index contributed by atoms with van der Waals surface area (Å²) in [5.74, 6) is -0.766. The first-order chi connectivity index (χ1) is 8.99. The summed E-state index contributed by atoms with van der Waals surface area (Å²) in [7, 11) is 0. The molecule has 0 aliphatic carbocycles. The monoisotopic (exact) mass is 266 g/mol. The number of hydrogen-bond acceptors (Lipinski definition) is 5. The lowest BCUT2D eigenvalue weighted by molar-refractivity contribution is -0.385. The second kappa shape index (κ2) is 5.23. The fourth-order valence-corrected chi connectivity index (χ4v) is 2.00. The number of ether oxygens (including phenoxy) is 1. The predicted molar refractivity (Wildman–Crippen MR) is 66.1 cm³/mol. The summed E-state index contributed by atoms with van der Waals surface area (Å²) in [6.45, 7) is 3.27. The summed E-state index contributed by atoms with van der Waals surface area (Å²) < 4.78 is 5.34. The molecular weight excluding hydrogens is 252 g/mol. The normalized spacial score (nSPS) is 19.2. The first-order valence-corrected chi connectivity index (χ1v) is 5.87. The molecule has 1 aromatic rings. The average Bonchev–Trinajstić information content (AvgIpc) is 2.37. The summed E-state index contributed by atoms with van der Waals surface area (Å²) in [5, 5.41) is 20.1. The Morgan fingerprint density at radius 1 is 1.58 bits per heavy atom. The molecule has 1 atom stereocenters. The van der Waals surface area contributed by atoms with Crippen molar-refractivity contribution in [1.29, 1.82) is 0 Å². The van der Waals surface area contributed by atoms with E-state index in [9.17, 15) is 20.0 Å². The zero-order chi connectivity index (χ0) is 14.0. The number of carbonyl (C=O) groups excluding carboxylic acids is 1. The zero-order valence-corrected chi connectivity index (χ0v) is 10.4. The Hall–Kier alpha value is -2.15. The number of phenolic OH excluding ortho intramolecular Hbond substituents is 1. The molecule has 2 rings (SSSR count). The maximum atomic E-state index is 12.2. The van der Waals surface area contributed by atoms with Gasteiger partial charge in [-0.05, 0) is 19.1 Å². The lowest BCUT2D eigenvalue weighted by atomic mass is 10.1. The van der Waals surface area contributed by atoms with E-state index in [1.165, 1.54) is 6.07 Å². The summed E-state index contributed by atoms with van der Waals surface area (Å²) in [6.07, 6.45) is -0.0376. The topological polar surface area (TPSA) is 92.9 Å². The van der Waals surface area contributed by atoms with E-state index in [4.69, 9.17) is 4.74 Å². The highest BCUT2D eigenvalue weighted by molar-refractivity contribution is 5.95. The standard InChI is InChI=1S/C12H14N2O5/c1-8-7-13(4-5-19-8)12(16)9-2-3-10(14(17)18)11(15)6-9/h2-3,6,8,15H,4-5,7H2,1H3. The van der Waals surface area contributed by atoms with E-state index < -0.39 is 16.4 Å². The van der Waals surface area contributed by atoms with Gasteiger partial charge in [0.05, 0.1) is 17.6 Å². The van der Waals surface area contributed by atoms with Gasteiger partial charge < -0.3 is 14.7 Å². The number of phenols is 1. The molecule has 19 heavy (non-hydrogen) atoms. The third kappa shape index (κ3) is 2.82. The first kappa shape index (κ1) is 13.3. The molecular formula is C12H14N2O5. The number of benzene rings is 1. The van der Waals surface area contributed by atoms with Gasteiger partial charge in [-0.15, -0.1) is 0 Å². The zero-order valence-electron chi connectivity index (χ0n) is 10.4. The van der Waals surface area contributed by atoms with Gasteiger partial charge in [-0.1, -0.05) is 0 Å². The van der Waals surface area contributed by atoms with Crippen LogP contribution in [0.25, 0.3) is 0 Å². The summed E-state index contributed by atoms with van der Waals surface area (Å²) >= 11 is 0. The van der Waals surface area contributed by atoms with Crippen molar-refractivity contribution in [3.8, 4) is 5.75 Å². The van der Waals surface area contributed by atoms with Gasteiger partial charge >= 0.3 is 5.69 Å². The number of hydrogen-bond donors (Lipinski definition) is 1. The van der Waals surface area contributed by atoms with Crippen molar-refractivity contribution in [2.75, 3.05) is 19.7 Å². The van der Waals surface area contributed by atoms with Gasteiger partial charge in [0.2, 0.25) is 0 Å². The molecule has 1 aliphatic heterocycles. The molecule has 1 fully saturated rings. The lowest BCUT2D eigenvalue weighted by Crippen LogP contribution is -2.44. The van der Waals surface area contributed by atoms with Crippen LogP contribution in [0, 0.1) is 10.1 Å². The number of amides is 1. The highest BCUT2D eigenvalue weighted by Gasteiger charge is 2.24. The Labute approximate surface area is 109 Å². The number of nitro groups is 1. The number of carbonyl (C=O) groups is 1. The van der Waals surface area contributed by atoms with Gasteiger partial charge in [-0.3, -0.25) is 14.9 Å². The van der Waals surface area contributed by atoms with E-state index in [-0.39, 0.29) is 17.6 Å². The molecule has 1 unspecified atom stereocenters. The van der Waals surface area contributed by atoms with Crippen LogP contribution in [0.3, 0.4) is 0 Å². The first-order valence-electron chi connectivity index (χ1n) is 5.87. The second-order valence-corrected chi connectivity index (χ2v) is 4.39. The van der Waals surface area contributed by atoms with Crippen LogP contribution >= 0.6 is 0 Å². The van der Waals surface area contributed by atoms with Gasteiger partial charge in [-0.25, -0.2) is 0 Å². The molecule has 0 bridgehead atoms. The molecule has 7 heteroatoms. The number of nitro benzene ring substituents is 1. The maximum absolute atomic E-state index is 12.2. The van der Waals surface area contributed by atoms with E-state index >= 15 is 0 Å². The van der Waals surface area contributed by atoms with Crippen LogP contribution in [0.1, 0.15) is 17.3 Å². The third-order valence-corrected chi connectivity index (χ3v) is 2.95. The molecule has 0 radical (unpaired) electrons. The van der Waals surface area contributed by atoms with E-state index in [0.29, 0.717) is 19.7 Å². The molecule has 7 nitrogen and oxygen atoms in total. The molecule has 1 aliphatic rings. The second-order valence-electron chi connectivity index (χ2n) is 4.39. The van der Waals surface area contributed by atoms with Crippen LogP contribution in [0.2, 0.25) is 0 Å². The molecule has 102 valence electrons. The molecule has 1 N–H and O–H groups in total. The highest BCUT2D eigenvalue weighted by Crippen LogP contribution is 2.27. The minimum atomic E-state index is -0.694. The lowest BCUT2D eigenvalue weighted by Gasteiger charge is -2.31. The maximum Gasteiger partial charge on any atom is 0.310 e. The van der Waals surface area contributed by atoms with E-state index in [2.05, 4.69) is 0 Å². The van der Waals surface area contributed by atoms with Crippen LogP contribution in [-0.2, 0) is 4.74 Å². The summed E-state index contributed by atoms with van der Waals surface area (Å²) in [4.78, 5) is 23.7.